The highest BCUT2D eigenvalue weighted by Crippen LogP contribution is 2.27. The number of benzene rings is 1. The molecule has 2 N–H and O–H groups in total. The van der Waals surface area contributed by atoms with E-state index in [1.807, 2.05) is 18.2 Å². The van der Waals surface area contributed by atoms with Gasteiger partial charge in [-0.25, -0.2) is 4.98 Å². The zero-order valence-corrected chi connectivity index (χ0v) is 13.7. The number of rotatable bonds is 2. The highest BCUT2D eigenvalue weighted by molar-refractivity contribution is 7.07. The largest absolute Gasteiger partial charge is 0.335 e. The van der Waals surface area contributed by atoms with Crippen LogP contribution in [0, 0.1) is 0 Å². The van der Waals surface area contributed by atoms with Gasteiger partial charge in [0, 0.05) is 30.4 Å². The quantitative estimate of drug-likeness (QED) is 0.909. The molecule has 1 saturated heterocycles. The van der Waals surface area contributed by atoms with Crippen molar-refractivity contribution in [3.63, 3.8) is 0 Å². The number of amides is 1. The fourth-order valence-corrected chi connectivity index (χ4v) is 3.05. The molecule has 0 radical (unpaired) electrons. The van der Waals surface area contributed by atoms with Gasteiger partial charge in [0.1, 0.15) is 5.69 Å². The fourth-order valence-electron chi connectivity index (χ4n) is 2.53. The molecule has 1 fully saturated rings. The second-order valence-corrected chi connectivity index (χ2v) is 5.48. The SMILES string of the molecule is Cl.Cl.N[C@@H]1CN(C(=O)c2cscn2)C[C@H]1c1ccccc1. The Morgan fingerprint density at radius 2 is 1.95 bits per heavy atom. The second-order valence-electron chi connectivity index (χ2n) is 4.76. The van der Waals surface area contributed by atoms with Crippen molar-refractivity contribution in [3.05, 3.63) is 52.5 Å². The molecule has 1 aliphatic rings. The van der Waals surface area contributed by atoms with E-state index in [9.17, 15) is 4.79 Å². The van der Waals surface area contributed by atoms with Crippen LogP contribution in [-0.2, 0) is 0 Å². The smallest absolute Gasteiger partial charge is 0.273 e. The fraction of sp³-hybridized carbons (Fsp3) is 0.286. The van der Waals surface area contributed by atoms with Crippen molar-refractivity contribution in [1.82, 2.24) is 9.88 Å². The highest BCUT2D eigenvalue weighted by atomic mass is 35.5. The first-order valence-electron chi connectivity index (χ1n) is 6.23. The number of carbonyl (C=O) groups is 1. The van der Waals surface area contributed by atoms with E-state index >= 15 is 0 Å². The highest BCUT2D eigenvalue weighted by Gasteiger charge is 2.34. The molecule has 0 aliphatic carbocycles. The molecule has 2 aromatic rings. The third-order valence-corrected chi connectivity index (χ3v) is 4.12. The summed E-state index contributed by atoms with van der Waals surface area (Å²) in [7, 11) is 0. The minimum Gasteiger partial charge on any atom is -0.335 e. The molecule has 114 valence electrons. The van der Waals surface area contributed by atoms with Gasteiger partial charge in [0.2, 0.25) is 0 Å². The van der Waals surface area contributed by atoms with E-state index in [2.05, 4.69) is 17.1 Å². The lowest BCUT2D eigenvalue weighted by atomic mass is 9.95. The number of hydrogen-bond acceptors (Lipinski definition) is 4. The van der Waals surface area contributed by atoms with E-state index in [-0.39, 0.29) is 42.7 Å². The first kappa shape index (κ1) is 17.9. The van der Waals surface area contributed by atoms with Gasteiger partial charge in [0.05, 0.1) is 5.51 Å². The summed E-state index contributed by atoms with van der Waals surface area (Å²) in [5.74, 6) is 0.193. The van der Waals surface area contributed by atoms with Crippen LogP contribution in [0.25, 0.3) is 0 Å². The predicted octanol–water partition coefficient (Wildman–Crippen LogP) is 2.55. The van der Waals surface area contributed by atoms with Crippen LogP contribution in [0.3, 0.4) is 0 Å². The molecule has 7 heteroatoms. The lowest BCUT2D eigenvalue weighted by molar-refractivity contribution is 0.0784. The first-order valence-corrected chi connectivity index (χ1v) is 7.18. The van der Waals surface area contributed by atoms with Gasteiger partial charge in [-0.15, -0.1) is 36.2 Å². The van der Waals surface area contributed by atoms with Gasteiger partial charge >= 0.3 is 0 Å². The molecule has 1 aromatic carbocycles. The van der Waals surface area contributed by atoms with Crippen LogP contribution >= 0.6 is 36.2 Å². The summed E-state index contributed by atoms with van der Waals surface area (Å²) >= 11 is 1.43. The van der Waals surface area contributed by atoms with E-state index in [0.717, 1.165) is 0 Å². The Bertz CT molecular complexity index is 565. The molecule has 4 nitrogen and oxygen atoms in total. The normalized spacial score (nSPS) is 20.5. The minimum absolute atomic E-state index is 0. The van der Waals surface area contributed by atoms with Crippen molar-refractivity contribution < 1.29 is 4.79 Å². The third-order valence-electron chi connectivity index (χ3n) is 3.53. The Balaban J connectivity index is 0.00000110. The number of thiazole rings is 1. The number of likely N-dealkylation sites (tertiary alicyclic amines) is 1. The molecule has 1 aliphatic heterocycles. The summed E-state index contributed by atoms with van der Waals surface area (Å²) in [6, 6.07) is 10.1. The van der Waals surface area contributed by atoms with Crippen molar-refractivity contribution in [2.45, 2.75) is 12.0 Å². The molecule has 21 heavy (non-hydrogen) atoms. The molecule has 0 bridgehead atoms. The molecule has 2 atom stereocenters. The summed E-state index contributed by atoms with van der Waals surface area (Å²) < 4.78 is 0. The Morgan fingerprint density at radius 1 is 1.24 bits per heavy atom. The maximum atomic E-state index is 12.2. The number of nitrogens with zero attached hydrogens (tertiary/aromatic N) is 2. The average Bonchev–Trinajstić information content (AvgIpc) is 3.08. The standard InChI is InChI=1S/C14H15N3OS.2ClH/c15-12-7-17(14(18)13-8-19-9-16-13)6-11(12)10-4-2-1-3-5-10;;/h1-5,8-9,11-12H,6-7,15H2;2*1H/t11-,12+;;/m0../s1. The molecule has 1 amide bonds. The number of carbonyl (C=O) groups excluding carboxylic acids is 1. The van der Waals surface area contributed by atoms with Gasteiger partial charge in [0.15, 0.2) is 0 Å². The monoisotopic (exact) mass is 345 g/mol. The van der Waals surface area contributed by atoms with Crippen LogP contribution in [0.5, 0.6) is 0 Å². The number of hydrogen-bond donors (Lipinski definition) is 1. The maximum Gasteiger partial charge on any atom is 0.273 e. The molecule has 2 heterocycles. The van der Waals surface area contributed by atoms with Crippen LogP contribution < -0.4 is 5.73 Å². The van der Waals surface area contributed by atoms with Gasteiger partial charge in [-0.1, -0.05) is 30.3 Å². The number of aromatic nitrogens is 1. The summed E-state index contributed by atoms with van der Waals surface area (Å²) in [4.78, 5) is 18.1. The molecule has 0 saturated carbocycles. The van der Waals surface area contributed by atoms with Gasteiger partial charge in [-0.3, -0.25) is 4.79 Å². The lowest BCUT2D eigenvalue weighted by Gasteiger charge is -2.15. The van der Waals surface area contributed by atoms with Crippen molar-refractivity contribution in [1.29, 1.82) is 0 Å². The molecule has 3 rings (SSSR count). The van der Waals surface area contributed by atoms with Crippen molar-refractivity contribution >= 4 is 42.1 Å². The van der Waals surface area contributed by atoms with Crippen LogP contribution in [0.4, 0.5) is 0 Å². The Hall–Kier alpha value is -1.14. The first-order chi connectivity index (χ1) is 9.25. The summed E-state index contributed by atoms with van der Waals surface area (Å²) in [6.07, 6.45) is 0. The Kier molecular flexibility index (Phi) is 6.61. The molecular weight excluding hydrogens is 329 g/mol. The van der Waals surface area contributed by atoms with E-state index in [1.165, 1.54) is 16.9 Å². The van der Waals surface area contributed by atoms with E-state index < -0.39 is 0 Å². The zero-order valence-electron chi connectivity index (χ0n) is 11.2. The average molecular weight is 346 g/mol. The number of halogens is 2. The topological polar surface area (TPSA) is 59.2 Å². The molecule has 0 unspecified atom stereocenters. The third kappa shape index (κ3) is 3.74. The zero-order chi connectivity index (χ0) is 13.2. The summed E-state index contributed by atoms with van der Waals surface area (Å²) in [6.45, 7) is 1.26. The van der Waals surface area contributed by atoms with Gasteiger partial charge < -0.3 is 10.6 Å². The van der Waals surface area contributed by atoms with E-state index in [1.54, 1.807) is 15.8 Å². The molecule has 1 aromatic heterocycles. The minimum atomic E-state index is -0.0184. The van der Waals surface area contributed by atoms with Crippen molar-refractivity contribution in [3.8, 4) is 0 Å². The van der Waals surface area contributed by atoms with Gasteiger partial charge in [-0.2, -0.15) is 0 Å². The van der Waals surface area contributed by atoms with Crippen molar-refractivity contribution in [2.24, 2.45) is 5.73 Å². The van der Waals surface area contributed by atoms with Crippen LogP contribution in [0.1, 0.15) is 22.0 Å². The van der Waals surface area contributed by atoms with Gasteiger partial charge in [0.25, 0.3) is 5.91 Å². The summed E-state index contributed by atoms with van der Waals surface area (Å²) in [5, 5.41) is 1.78. The lowest BCUT2D eigenvalue weighted by Crippen LogP contribution is -2.32. The Labute approximate surface area is 140 Å². The van der Waals surface area contributed by atoms with E-state index in [4.69, 9.17) is 5.73 Å². The van der Waals surface area contributed by atoms with Crippen LogP contribution in [-0.4, -0.2) is 34.9 Å². The Morgan fingerprint density at radius 3 is 2.57 bits per heavy atom. The van der Waals surface area contributed by atoms with Crippen LogP contribution in [0.15, 0.2) is 41.2 Å². The van der Waals surface area contributed by atoms with E-state index in [0.29, 0.717) is 18.8 Å². The number of nitrogens with two attached hydrogens (primary N) is 1. The summed E-state index contributed by atoms with van der Waals surface area (Å²) in [5.41, 5.74) is 9.58. The molecule has 0 spiro atoms. The van der Waals surface area contributed by atoms with Crippen molar-refractivity contribution in [2.75, 3.05) is 13.1 Å². The van der Waals surface area contributed by atoms with Crippen LogP contribution in [0.2, 0.25) is 0 Å². The predicted molar refractivity (Wildman–Crippen MR) is 89.7 cm³/mol. The van der Waals surface area contributed by atoms with Gasteiger partial charge in [-0.05, 0) is 5.56 Å². The second kappa shape index (κ2) is 7.75. The molecular formula is C14H17Cl2N3OS. The maximum absolute atomic E-state index is 12.2.